The molecule has 0 aromatic heterocycles. The second kappa shape index (κ2) is 7.01. The van der Waals surface area contributed by atoms with Crippen molar-refractivity contribution in [2.24, 2.45) is 0 Å². The maximum Gasteiger partial charge on any atom is 0.238 e. The number of amides is 1. The van der Waals surface area contributed by atoms with E-state index in [2.05, 4.69) is 0 Å². The van der Waals surface area contributed by atoms with E-state index in [9.17, 15) is 14.0 Å². The number of thioether (sulfide) groups is 1. The van der Waals surface area contributed by atoms with Crippen LogP contribution in [-0.4, -0.2) is 22.3 Å². The van der Waals surface area contributed by atoms with Gasteiger partial charge in [-0.3, -0.25) is 9.59 Å². The molecule has 5 heteroatoms. The first-order valence-electron chi connectivity index (χ1n) is 7.54. The van der Waals surface area contributed by atoms with Crippen molar-refractivity contribution < 1.29 is 14.0 Å². The second-order valence-electron chi connectivity index (χ2n) is 5.56. The van der Waals surface area contributed by atoms with Gasteiger partial charge in [0.15, 0.2) is 5.78 Å². The van der Waals surface area contributed by atoms with Crippen LogP contribution in [0.25, 0.3) is 0 Å². The number of rotatable bonds is 4. The molecule has 1 aliphatic rings. The summed E-state index contributed by atoms with van der Waals surface area (Å²) in [5.41, 5.74) is 2.35. The summed E-state index contributed by atoms with van der Waals surface area (Å²) in [6, 6.07) is 13.4. The topological polar surface area (TPSA) is 37.4 Å². The second-order valence-corrected chi connectivity index (χ2v) is 6.55. The fraction of sp³-hybridized carbons (Fsp3) is 0.158. The standard InChI is InChI=1S/C19H16FNO2S/c1-13-4-2-3-5-16(13)17(22)10-19-21(18(23)12-24-19)11-14-6-8-15(20)9-7-14/h2-10H,11-12H2,1H3/b19-10-. The zero-order chi connectivity index (χ0) is 17.1. The lowest BCUT2D eigenvalue weighted by molar-refractivity contribution is -0.125. The van der Waals surface area contributed by atoms with Gasteiger partial charge in [0.25, 0.3) is 0 Å². The van der Waals surface area contributed by atoms with Crippen LogP contribution in [0.5, 0.6) is 0 Å². The average Bonchev–Trinajstić information content (AvgIpc) is 2.90. The summed E-state index contributed by atoms with van der Waals surface area (Å²) < 4.78 is 13.0. The van der Waals surface area contributed by atoms with Gasteiger partial charge in [0.05, 0.1) is 17.3 Å². The fourth-order valence-corrected chi connectivity index (χ4v) is 3.45. The molecule has 3 nitrogen and oxygen atoms in total. The van der Waals surface area contributed by atoms with E-state index in [1.807, 2.05) is 25.1 Å². The smallest absolute Gasteiger partial charge is 0.238 e. The van der Waals surface area contributed by atoms with Crippen molar-refractivity contribution in [2.75, 3.05) is 5.75 Å². The van der Waals surface area contributed by atoms with E-state index in [0.29, 0.717) is 22.9 Å². The van der Waals surface area contributed by atoms with Crippen molar-refractivity contribution in [2.45, 2.75) is 13.5 Å². The third kappa shape index (κ3) is 3.57. The zero-order valence-electron chi connectivity index (χ0n) is 13.2. The van der Waals surface area contributed by atoms with E-state index < -0.39 is 0 Å². The van der Waals surface area contributed by atoms with E-state index >= 15 is 0 Å². The van der Waals surface area contributed by atoms with Gasteiger partial charge in [-0.25, -0.2) is 4.39 Å². The number of benzene rings is 2. The molecule has 0 bridgehead atoms. The normalized spacial score (nSPS) is 16.0. The largest absolute Gasteiger partial charge is 0.301 e. The van der Waals surface area contributed by atoms with Gasteiger partial charge in [-0.2, -0.15) is 0 Å². The average molecular weight is 341 g/mol. The number of nitrogens with zero attached hydrogens (tertiary/aromatic N) is 1. The van der Waals surface area contributed by atoms with Crippen molar-refractivity contribution >= 4 is 23.5 Å². The van der Waals surface area contributed by atoms with Crippen LogP contribution in [0.3, 0.4) is 0 Å². The molecule has 0 unspecified atom stereocenters. The quantitative estimate of drug-likeness (QED) is 0.624. The first kappa shape index (κ1) is 16.5. The van der Waals surface area contributed by atoms with E-state index in [4.69, 9.17) is 0 Å². The lowest BCUT2D eigenvalue weighted by atomic mass is 10.1. The van der Waals surface area contributed by atoms with E-state index in [0.717, 1.165) is 11.1 Å². The minimum absolute atomic E-state index is 0.0480. The number of hydrogen-bond donors (Lipinski definition) is 0. The van der Waals surface area contributed by atoms with Crippen LogP contribution in [0.4, 0.5) is 4.39 Å². The molecule has 1 aliphatic heterocycles. The molecule has 0 N–H and O–H groups in total. The van der Waals surface area contributed by atoms with E-state index in [1.165, 1.54) is 30.0 Å². The van der Waals surface area contributed by atoms with Crippen LogP contribution in [0.2, 0.25) is 0 Å². The summed E-state index contributed by atoms with van der Waals surface area (Å²) in [5, 5.41) is 0.637. The molecule has 2 aromatic carbocycles. The summed E-state index contributed by atoms with van der Waals surface area (Å²) in [5.74, 6) is -0.164. The monoisotopic (exact) mass is 341 g/mol. The van der Waals surface area contributed by atoms with Gasteiger partial charge in [-0.15, -0.1) is 0 Å². The number of carbonyl (C=O) groups is 2. The number of halogens is 1. The molecule has 0 aliphatic carbocycles. The molecular formula is C19H16FNO2S. The Bertz CT molecular complexity index is 814. The fourth-order valence-electron chi connectivity index (χ4n) is 2.51. The Morgan fingerprint density at radius 1 is 1.21 bits per heavy atom. The molecule has 2 aromatic rings. The minimum Gasteiger partial charge on any atom is -0.301 e. The predicted molar refractivity (Wildman–Crippen MR) is 93.0 cm³/mol. The lowest BCUT2D eigenvalue weighted by Gasteiger charge is -2.17. The van der Waals surface area contributed by atoms with Crippen molar-refractivity contribution in [1.29, 1.82) is 0 Å². The number of ketones is 1. The van der Waals surface area contributed by atoms with E-state index in [-0.39, 0.29) is 17.5 Å². The number of allylic oxidation sites excluding steroid dienone is 1. The van der Waals surface area contributed by atoms with Gasteiger partial charge in [0.1, 0.15) is 5.82 Å². The van der Waals surface area contributed by atoms with Gasteiger partial charge in [-0.05, 0) is 30.2 Å². The summed E-state index contributed by atoms with van der Waals surface area (Å²) in [4.78, 5) is 26.2. The molecule has 1 saturated heterocycles. The van der Waals surface area contributed by atoms with Gasteiger partial charge >= 0.3 is 0 Å². The number of aryl methyl sites for hydroxylation is 1. The Morgan fingerprint density at radius 2 is 1.92 bits per heavy atom. The summed E-state index contributed by atoms with van der Waals surface area (Å²) >= 11 is 1.35. The van der Waals surface area contributed by atoms with Crippen LogP contribution in [-0.2, 0) is 11.3 Å². The molecule has 24 heavy (non-hydrogen) atoms. The Balaban J connectivity index is 1.83. The summed E-state index contributed by atoms with van der Waals surface area (Å²) in [6.07, 6.45) is 1.52. The Kier molecular flexibility index (Phi) is 4.81. The SMILES string of the molecule is Cc1ccccc1C(=O)/C=C1\SCC(=O)N1Cc1ccc(F)cc1. The molecular weight excluding hydrogens is 325 g/mol. The highest BCUT2D eigenvalue weighted by atomic mass is 32.2. The number of carbonyl (C=O) groups excluding carboxylic acids is 2. The van der Waals surface area contributed by atoms with Crippen molar-refractivity contribution in [1.82, 2.24) is 4.90 Å². The summed E-state index contributed by atoms with van der Waals surface area (Å²) in [7, 11) is 0. The predicted octanol–water partition coefficient (Wildman–Crippen LogP) is 3.93. The molecule has 0 atom stereocenters. The molecule has 1 amide bonds. The molecule has 3 rings (SSSR count). The molecule has 1 fully saturated rings. The van der Waals surface area contributed by atoms with Crippen LogP contribution >= 0.6 is 11.8 Å². The van der Waals surface area contributed by atoms with Crippen LogP contribution in [0.1, 0.15) is 21.5 Å². The van der Waals surface area contributed by atoms with Gasteiger partial charge in [0, 0.05) is 11.6 Å². The first-order chi connectivity index (χ1) is 11.5. The first-order valence-corrected chi connectivity index (χ1v) is 8.52. The number of hydrogen-bond acceptors (Lipinski definition) is 3. The van der Waals surface area contributed by atoms with Crippen molar-refractivity contribution in [3.05, 3.63) is 82.1 Å². The van der Waals surface area contributed by atoms with Crippen LogP contribution < -0.4 is 0 Å². The third-order valence-corrected chi connectivity index (χ3v) is 4.85. The Morgan fingerprint density at radius 3 is 2.62 bits per heavy atom. The van der Waals surface area contributed by atoms with Gasteiger partial charge in [0.2, 0.25) is 5.91 Å². The van der Waals surface area contributed by atoms with E-state index in [1.54, 1.807) is 23.1 Å². The molecule has 122 valence electrons. The minimum atomic E-state index is -0.314. The van der Waals surface area contributed by atoms with Crippen LogP contribution in [0.15, 0.2) is 59.6 Å². The highest BCUT2D eigenvalue weighted by Crippen LogP contribution is 2.31. The highest BCUT2D eigenvalue weighted by Gasteiger charge is 2.27. The molecule has 0 spiro atoms. The zero-order valence-corrected chi connectivity index (χ0v) is 14.0. The Labute approximate surface area is 144 Å². The third-order valence-electron chi connectivity index (χ3n) is 3.83. The Hall–Kier alpha value is -2.40. The molecule has 0 saturated carbocycles. The van der Waals surface area contributed by atoms with Gasteiger partial charge in [-0.1, -0.05) is 48.2 Å². The maximum absolute atomic E-state index is 13.0. The summed E-state index contributed by atoms with van der Waals surface area (Å²) in [6.45, 7) is 2.22. The molecule has 1 heterocycles. The van der Waals surface area contributed by atoms with Crippen molar-refractivity contribution in [3.8, 4) is 0 Å². The van der Waals surface area contributed by atoms with Crippen LogP contribution in [0, 0.1) is 12.7 Å². The van der Waals surface area contributed by atoms with Gasteiger partial charge < -0.3 is 4.90 Å². The maximum atomic E-state index is 13.0. The molecule has 0 radical (unpaired) electrons. The highest BCUT2D eigenvalue weighted by molar-refractivity contribution is 8.04. The lowest BCUT2D eigenvalue weighted by Crippen LogP contribution is -2.24. The van der Waals surface area contributed by atoms with Crippen molar-refractivity contribution in [3.63, 3.8) is 0 Å².